The highest BCUT2D eigenvalue weighted by molar-refractivity contribution is 7.11. The maximum atomic E-state index is 11.3. The van der Waals surface area contributed by atoms with Gasteiger partial charge in [0, 0.05) is 17.5 Å². The van der Waals surface area contributed by atoms with Crippen LogP contribution in [-0.4, -0.2) is 16.1 Å². The second-order valence-corrected chi connectivity index (χ2v) is 5.17. The summed E-state index contributed by atoms with van der Waals surface area (Å²) in [6.45, 7) is 1.92. The Hall–Kier alpha value is -1.68. The van der Waals surface area contributed by atoms with E-state index in [1.165, 1.54) is 0 Å². The number of carboxylic acids is 1. The second kappa shape index (κ2) is 5.10. The van der Waals surface area contributed by atoms with E-state index in [2.05, 4.69) is 4.98 Å². The minimum atomic E-state index is -0.790. The van der Waals surface area contributed by atoms with Crippen molar-refractivity contribution in [2.45, 2.75) is 19.3 Å². The molecule has 0 saturated heterocycles. The minimum Gasteiger partial charge on any atom is -0.481 e. The van der Waals surface area contributed by atoms with Gasteiger partial charge in [-0.25, -0.2) is 4.98 Å². The third kappa shape index (κ3) is 2.91. The fourth-order valence-corrected chi connectivity index (χ4v) is 2.57. The number of aliphatic carboxylic acids is 1. The largest absolute Gasteiger partial charge is 0.481 e. The Morgan fingerprint density at radius 2 is 2.12 bits per heavy atom. The molecule has 0 aliphatic heterocycles. The van der Waals surface area contributed by atoms with Crippen molar-refractivity contribution in [2.75, 3.05) is 0 Å². The lowest BCUT2D eigenvalue weighted by Crippen LogP contribution is -2.13. The first kappa shape index (κ1) is 11.8. The first-order valence-corrected chi connectivity index (χ1v) is 6.17. The molecule has 0 spiro atoms. The van der Waals surface area contributed by atoms with Gasteiger partial charge < -0.3 is 5.11 Å². The summed E-state index contributed by atoms with van der Waals surface area (Å²) in [5.41, 5.74) is 0.839. The van der Waals surface area contributed by atoms with Crippen LogP contribution in [0.4, 0.5) is 0 Å². The quantitative estimate of drug-likeness (QED) is 0.903. The zero-order valence-electron chi connectivity index (χ0n) is 9.46. The van der Waals surface area contributed by atoms with Gasteiger partial charge in [0.15, 0.2) is 0 Å². The van der Waals surface area contributed by atoms with Gasteiger partial charge in [-0.1, -0.05) is 30.3 Å². The van der Waals surface area contributed by atoms with Gasteiger partial charge >= 0.3 is 5.97 Å². The van der Waals surface area contributed by atoms with Crippen LogP contribution in [0.15, 0.2) is 36.5 Å². The topological polar surface area (TPSA) is 50.2 Å². The summed E-state index contributed by atoms with van der Waals surface area (Å²) in [7, 11) is 0. The first-order valence-electron chi connectivity index (χ1n) is 5.36. The molecule has 1 unspecified atom stereocenters. The second-order valence-electron chi connectivity index (χ2n) is 3.85. The molecule has 88 valence electrons. The van der Waals surface area contributed by atoms with Crippen molar-refractivity contribution in [3.05, 3.63) is 52.0 Å². The molecule has 0 radical (unpaired) electrons. The Morgan fingerprint density at radius 1 is 1.41 bits per heavy atom. The maximum absolute atomic E-state index is 11.3. The van der Waals surface area contributed by atoms with E-state index < -0.39 is 11.9 Å². The molecule has 1 aromatic carbocycles. The predicted octanol–water partition coefficient (Wildman–Crippen LogP) is 2.86. The highest BCUT2D eigenvalue weighted by Crippen LogP contribution is 2.24. The van der Waals surface area contributed by atoms with Crippen LogP contribution >= 0.6 is 11.3 Å². The monoisotopic (exact) mass is 247 g/mol. The summed E-state index contributed by atoms with van der Waals surface area (Å²) in [4.78, 5) is 16.5. The van der Waals surface area contributed by atoms with Gasteiger partial charge in [0.25, 0.3) is 0 Å². The van der Waals surface area contributed by atoms with E-state index >= 15 is 0 Å². The predicted molar refractivity (Wildman–Crippen MR) is 67.4 cm³/mol. The molecule has 2 rings (SSSR count). The molecule has 0 saturated carbocycles. The lowest BCUT2D eigenvalue weighted by Gasteiger charge is -2.10. The number of rotatable bonds is 4. The molecule has 17 heavy (non-hydrogen) atoms. The van der Waals surface area contributed by atoms with Gasteiger partial charge in [-0.05, 0) is 12.5 Å². The molecule has 3 nitrogen and oxygen atoms in total. The Bertz CT molecular complexity index is 507. The van der Waals surface area contributed by atoms with Crippen LogP contribution in [0.1, 0.15) is 21.4 Å². The maximum Gasteiger partial charge on any atom is 0.311 e. The van der Waals surface area contributed by atoms with Gasteiger partial charge in [-0.2, -0.15) is 0 Å². The molecule has 1 aromatic heterocycles. The highest BCUT2D eigenvalue weighted by atomic mass is 32.1. The lowest BCUT2D eigenvalue weighted by molar-refractivity contribution is -0.138. The number of thiazole rings is 1. The number of carbonyl (C=O) groups is 1. The molecule has 0 fully saturated rings. The summed E-state index contributed by atoms with van der Waals surface area (Å²) >= 11 is 1.55. The van der Waals surface area contributed by atoms with Crippen LogP contribution in [-0.2, 0) is 11.2 Å². The summed E-state index contributed by atoms with van der Waals surface area (Å²) in [6.07, 6.45) is 2.27. The van der Waals surface area contributed by atoms with Gasteiger partial charge in [0.1, 0.15) is 0 Å². The number of aromatic nitrogens is 1. The van der Waals surface area contributed by atoms with Crippen LogP contribution in [0.5, 0.6) is 0 Å². The summed E-state index contributed by atoms with van der Waals surface area (Å²) in [5.74, 6) is -1.28. The average molecular weight is 247 g/mol. The third-order valence-electron chi connectivity index (χ3n) is 2.57. The van der Waals surface area contributed by atoms with E-state index in [4.69, 9.17) is 0 Å². The molecular formula is C13H13NO2S. The summed E-state index contributed by atoms with van der Waals surface area (Å²) in [5, 5.41) is 10.2. The van der Waals surface area contributed by atoms with Gasteiger partial charge in [0.2, 0.25) is 0 Å². The van der Waals surface area contributed by atoms with Crippen molar-refractivity contribution < 1.29 is 9.90 Å². The third-order valence-corrected chi connectivity index (χ3v) is 3.51. The summed E-state index contributed by atoms with van der Waals surface area (Å²) in [6, 6.07) is 9.32. The zero-order valence-corrected chi connectivity index (χ0v) is 10.3. The van der Waals surface area contributed by atoms with Crippen molar-refractivity contribution in [2.24, 2.45) is 0 Å². The van der Waals surface area contributed by atoms with Gasteiger partial charge in [0.05, 0.1) is 10.9 Å². The number of benzene rings is 1. The molecule has 0 aliphatic carbocycles. The Labute approximate surface area is 104 Å². The van der Waals surface area contributed by atoms with Crippen molar-refractivity contribution in [3.63, 3.8) is 0 Å². The molecule has 1 N–H and O–H groups in total. The molecule has 0 amide bonds. The first-order chi connectivity index (χ1) is 8.16. The number of aryl methyl sites for hydroxylation is 1. The summed E-state index contributed by atoms with van der Waals surface area (Å²) < 4.78 is 0. The van der Waals surface area contributed by atoms with Crippen LogP contribution < -0.4 is 0 Å². The normalized spacial score (nSPS) is 12.3. The van der Waals surface area contributed by atoms with Crippen LogP contribution in [0, 0.1) is 6.92 Å². The van der Waals surface area contributed by atoms with Crippen LogP contribution in [0.25, 0.3) is 0 Å². The smallest absolute Gasteiger partial charge is 0.311 e. The Kier molecular flexibility index (Phi) is 3.54. The van der Waals surface area contributed by atoms with Crippen LogP contribution in [0.2, 0.25) is 0 Å². The van der Waals surface area contributed by atoms with E-state index in [9.17, 15) is 9.90 Å². The van der Waals surface area contributed by atoms with Crippen molar-refractivity contribution in [1.82, 2.24) is 4.98 Å². The number of hydrogen-bond acceptors (Lipinski definition) is 3. The van der Waals surface area contributed by atoms with Gasteiger partial charge in [-0.15, -0.1) is 11.3 Å². The van der Waals surface area contributed by atoms with E-state index in [0.717, 1.165) is 15.4 Å². The van der Waals surface area contributed by atoms with Crippen molar-refractivity contribution >= 4 is 17.3 Å². The molecule has 0 bridgehead atoms. The molecule has 1 heterocycles. The molecule has 0 aliphatic rings. The Morgan fingerprint density at radius 3 is 2.65 bits per heavy atom. The molecule has 4 heteroatoms. The van der Waals surface area contributed by atoms with E-state index in [1.54, 1.807) is 17.5 Å². The van der Waals surface area contributed by atoms with E-state index in [-0.39, 0.29) is 0 Å². The number of hydrogen-bond donors (Lipinski definition) is 1. The fourth-order valence-electron chi connectivity index (χ4n) is 1.73. The SMILES string of the molecule is Cc1ncc(CC(C(=O)O)c2ccccc2)s1. The fraction of sp³-hybridized carbons (Fsp3) is 0.231. The molecule has 2 aromatic rings. The average Bonchev–Trinajstić information content (AvgIpc) is 2.73. The standard InChI is InChI=1S/C13H13NO2S/c1-9-14-8-11(17-9)7-12(13(15)16)10-5-3-2-4-6-10/h2-6,8,12H,7H2,1H3,(H,15,16). The van der Waals surface area contributed by atoms with Crippen molar-refractivity contribution in [3.8, 4) is 0 Å². The number of carboxylic acid groups (broad SMARTS) is 1. The number of nitrogens with zero attached hydrogens (tertiary/aromatic N) is 1. The minimum absolute atomic E-state index is 0.490. The molecular weight excluding hydrogens is 234 g/mol. The van der Waals surface area contributed by atoms with E-state index in [0.29, 0.717) is 6.42 Å². The highest BCUT2D eigenvalue weighted by Gasteiger charge is 2.20. The van der Waals surface area contributed by atoms with Crippen LogP contribution in [0.3, 0.4) is 0 Å². The lowest BCUT2D eigenvalue weighted by atomic mass is 9.95. The Balaban J connectivity index is 2.22. The molecule has 1 atom stereocenters. The zero-order chi connectivity index (χ0) is 12.3. The van der Waals surface area contributed by atoms with E-state index in [1.807, 2.05) is 37.3 Å². The van der Waals surface area contributed by atoms with Crippen molar-refractivity contribution in [1.29, 1.82) is 0 Å². The van der Waals surface area contributed by atoms with Gasteiger partial charge in [-0.3, -0.25) is 4.79 Å².